The predicted octanol–water partition coefficient (Wildman–Crippen LogP) is 10.5. The molecule has 6 N–H and O–H groups in total. The zero-order valence-corrected chi connectivity index (χ0v) is 27.1. The Labute approximate surface area is 289 Å². The van der Waals surface area contributed by atoms with Crippen LogP contribution < -0.4 is 11.5 Å². The molecule has 8 bridgehead atoms. The van der Waals surface area contributed by atoms with E-state index in [1.54, 1.807) is 0 Å². The minimum absolute atomic E-state index is 0.678. The number of aromatic nitrogens is 4. The van der Waals surface area contributed by atoms with Gasteiger partial charge < -0.3 is 21.4 Å². The first-order valence-corrected chi connectivity index (χ1v) is 16.6. The van der Waals surface area contributed by atoms with E-state index in [0.717, 1.165) is 89.4 Å². The molecule has 0 radical (unpaired) electrons. The third-order valence-corrected chi connectivity index (χ3v) is 9.34. The molecule has 4 aromatic carbocycles. The number of fused-ring (bicyclic) bond motifs is 8. The number of hydrogen-bond acceptors (Lipinski definition) is 4. The van der Waals surface area contributed by atoms with Crippen molar-refractivity contribution in [1.82, 2.24) is 19.9 Å². The lowest BCUT2D eigenvalue weighted by atomic mass is 10.0. The molecule has 0 saturated carbocycles. The lowest BCUT2D eigenvalue weighted by Gasteiger charge is -2.09. The second kappa shape index (κ2) is 12.0. The predicted molar refractivity (Wildman–Crippen MR) is 209 cm³/mol. The van der Waals surface area contributed by atoms with E-state index in [2.05, 4.69) is 119 Å². The van der Waals surface area contributed by atoms with Crippen LogP contribution in [0.2, 0.25) is 0 Å². The Kier molecular flexibility index (Phi) is 6.99. The van der Waals surface area contributed by atoms with E-state index in [0.29, 0.717) is 11.4 Å². The highest BCUT2D eigenvalue weighted by Gasteiger charge is 2.19. The van der Waals surface area contributed by atoms with E-state index in [1.807, 2.05) is 48.5 Å². The molecule has 7 aromatic rings. The third kappa shape index (κ3) is 4.98. The van der Waals surface area contributed by atoms with Crippen LogP contribution in [-0.4, -0.2) is 19.9 Å². The van der Waals surface area contributed by atoms with Crippen molar-refractivity contribution in [3.63, 3.8) is 0 Å². The number of anilines is 2. The Morgan fingerprint density at radius 2 is 0.660 bits per heavy atom. The van der Waals surface area contributed by atoms with Gasteiger partial charge in [0, 0.05) is 66.8 Å². The number of nitrogens with two attached hydrogens (primary N) is 2. The number of hydrogen-bond donors (Lipinski definition) is 4. The summed E-state index contributed by atoms with van der Waals surface area (Å²) in [5.41, 5.74) is 29.4. The largest absolute Gasteiger partial charge is 0.398 e. The number of H-pyrrole nitrogens is 2. The molecule has 3 aromatic heterocycles. The first-order chi connectivity index (χ1) is 24.6. The Morgan fingerprint density at radius 1 is 0.340 bits per heavy atom. The van der Waals surface area contributed by atoms with Gasteiger partial charge in [-0.15, -0.1) is 0 Å². The molecule has 9 rings (SSSR count). The second-order valence-electron chi connectivity index (χ2n) is 12.4. The van der Waals surface area contributed by atoms with Crippen LogP contribution in [-0.2, 0) is 0 Å². The standard InChI is InChI=1S/C44H32N6/c45-31-17-9-7-15-29(31)43-37-23-19-33(47-37)41(27-11-3-1-4-12-27)34-20-24-38(48-34)44(30-16-8-10-18-32(30)46)40-26-22-36(50-40)42(28-13-5-2-6-14-28)35-21-25-39(43)49-35/h1-26,47,50H,45-46H2. The molecular weight excluding hydrogens is 613 g/mol. The van der Waals surface area contributed by atoms with E-state index < -0.39 is 0 Å². The monoisotopic (exact) mass is 644 g/mol. The molecule has 0 saturated heterocycles. The first kappa shape index (κ1) is 29.2. The van der Waals surface area contributed by atoms with Crippen LogP contribution in [0.25, 0.3) is 90.9 Å². The normalized spacial score (nSPS) is 12.0. The van der Waals surface area contributed by atoms with Gasteiger partial charge in [0.15, 0.2) is 0 Å². The van der Waals surface area contributed by atoms with Crippen molar-refractivity contribution in [3.8, 4) is 44.5 Å². The molecule has 0 spiro atoms. The Morgan fingerprint density at radius 3 is 1.04 bits per heavy atom. The van der Waals surface area contributed by atoms with Crippen molar-refractivity contribution in [2.75, 3.05) is 11.5 Å². The van der Waals surface area contributed by atoms with Gasteiger partial charge in [0.1, 0.15) is 0 Å². The topological polar surface area (TPSA) is 109 Å². The first-order valence-electron chi connectivity index (χ1n) is 16.6. The fourth-order valence-electron chi connectivity index (χ4n) is 7.04. The molecule has 2 aliphatic rings. The maximum atomic E-state index is 6.66. The van der Waals surface area contributed by atoms with Gasteiger partial charge in [0.2, 0.25) is 0 Å². The molecule has 6 heteroatoms. The van der Waals surface area contributed by atoms with Gasteiger partial charge in [-0.3, -0.25) is 0 Å². The van der Waals surface area contributed by atoms with Gasteiger partial charge in [0.05, 0.1) is 22.8 Å². The second-order valence-corrected chi connectivity index (χ2v) is 12.4. The van der Waals surface area contributed by atoms with Crippen molar-refractivity contribution in [2.24, 2.45) is 0 Å². The SMILES string of the molecule is Nc1ccccc1-c1c2nc(c(-c3ccccc3)c3ccc([nH]3)c(-c3ccccc3N)c3nc(c(-c4ccccc4)c4ccc1[nH]4)C=C3)C=C2. The summed E-state index contributed by atoms with van der Waals surface area (Å²) in [6.07, 6.45) is 8.34. The molecular formula is C44H32N6. The molecule has 50 heavy (non-hydrogen) atoms. The summed E-state index contributed by atoms with van der Waals surface area (Å²) < 4.78 is 0. The zero-order valence-electron chi connectivity index (χ0n) is 27.1. The lowest BCUT2D eigenvalue weighted by molar-refractivity contribution is 1.31. The molecule has 2 aliphatic heterocycles. The van der Waals surface area contributed by atoms with E-state index in [1.165, 1.54) is 0 Å². The molecule has 238 valence electrons. The average molecular weight is 645 g/mol. The number of nitrogens with zero attached hydrogens (tertiary/aromatic N) is 2. The van der Waals surface area contributed by atoms with Gasteiger partial charge in [-0.2, -0.15) is 0 Å². The Hall–Kier alpha value is -6.92. The number of nitrogen functional groups attached to an aromatic ring is 2. The molecule has 0 atom stereocenters. The van der Waals surface area contributed by atoms with E-state index in [-0.39, 0.29) is 0 Å². The van der Waals surface area contributed by atoms with Crippen LogP contribution in [0, 0.1) is 0 Å². The Bertz CT molecular complexity index is 2480. The van der Waals surface area contributed by atoms with Gasteiger partial charge in [-0.25, -0.2) is 9.97 Å². The van der Waals surface area contributed by atoms with Crippen LogP contribution in [0.15, 0.2) is 133 Å². The highest BCUT2D eigenvalue weighted by Crippen LogP contribution is 2.40. The number of rotatable bonds is 4. The quantitative estimate of drug-likeness (QED) is 0.143. The van der Waals surface area contributed by atoms with Crippen molar-refractivity contribution in [3.05, 3.63) is 156 Å². The van der Waals surface area contributed by atoms with Crippen LogP contribution in [0.5, 0.6) is 0 Å². The maximum Gasteiger partial charge on any atom is 0.0738 e. The number of para-hydroxylation sites is 2. The number of nitrogens with one attached hydrogen (secondary N) is 2. The summed E-state index contributed by atoms with van der Waals surface area (Å²) in [7, 11) is 0. The van der Waals surface area contributed by atoms with Crippen LogP contribution in [0.3, 0.4) is 0 Å². The van der Waals surface area contributed by atoms with Gasteiger partial charge in [-0.1, -0.05) is 97.1 Å². The van der Waals surface area contributed by atoms with E-state index in [9.17, 15) is 0 Å². The number of benzene rings is 4. The molecule has 0 fully saturated rings. The van der Waals surface area contributed by atoms with Gasteiger partial charge in [0.25, 0.3) is 0 Å². The highest BCUT2D eigenvalue weighted by molar-refractivity contribution is 6.01. The smallest absolute Gasteiger partial charge is 0.0738 e. The summed E-state index contributed by atoms with van der Waals surface area (Å²) in [5.74, 6) is 0. The minimum atomic E-state index is 0.678. The molecule has 0 amide bonds. The molecule has 6 nitrogen and oxygen atoms in total. The van der Waals surface area contributed by atoms with Crippen LogP contribution in [0.4, 0.5) is 11.4 Å². The molecule has 0 unspecified atom stereocenters. The summed E-state index contributed by atoms with van der Waals surface area (Å²) in [6, 6.07) is 45.1. The van der Waals surface area contributed by atoms with Gasteiger partial charge >= 0.3 is 0 Å². The fraction of sp³-hybridized carbons (Fsp3) is 0. The van der Waals surface area contributed by atoms with Crippen molar-refractivity contribution in [2.45, 2.75) is 0 Å². The highest BCUT2D eigenvalue weighted by atomic mass is 14.8. The summed E-state index contributed by atoms with van der Waals surface area (Å²) in [6.45, 7) is 0. The third-order valence-electron chi connectivity index (χ3n) is 9.34. The van der Waals surface area contributed by atoms with E-state index in [4.69, 9.17) is 21.4 Å². The van der Waals surface area contributed by atoms with Gasteiger partial charge in [-0.05, 0) is 71.8 Å². The van der Waals surface area contributed by atoms with Crippen LogP contribution in [0.1, 0.15) is 22.8 Å². The molecule has 0 aliphatic carbocycles. The Balaban J connectivity index is 1.50. The summed E-state index contributed by atoms with van der Waals surface area (Å²) >= 11 is 0. The van der Waals surface area contributed by atoms with E-state index >= 15 is 0 Å². The average Bonchev–Trinajstić information content (AvgIpc) is 3.98. The maximum absolute atomic E-state index is 6.66. The minimum Gasteiger partial charge on any atom is -0.398 e. The zero-order chi connectivity index (χ0) is 33.6. The lowest BCUT2D eigenvalue weighted by Crippen LogP contribution is -1.93. The number of aromatic amines is 2. The summed E-state index contributed by atoms with van der Waals surface area (Å²) in [4.78, 5) is 18.2. The molecule has 5 heterocycles. The summed E-state index contributed by atoms with van der Waals surface area (Å²) in [5, 5.41) is 0. The van der Waals surface area contributed by atoms with Crippen molar-refractivity contribution < 1.29 is 0 Å². The fourth-order valence-corrected chi connectivity index (χ4v) is 7.04. The van der Waals surface area contributed by atoms with Crippen molar-refractivity contribution >= 4 is 57.7 Å². The van der Waals surface area contributed by atoms with Crippen molar-refractivity contribution in [1.29, 1.82) is 0 Å². The van der Waals surface area contributed by atoms with Crippen LogP contribution >= 0.6 is 0 Å².